The van der Waals surface area contributed by atoms with Crippen molar-refractivity contribution < 1.29 is 22.4 Å². The standard InChI is InChI=1S/C13H13F3N2O2/c1-9(17-8-12-6-7-18-20-12)10-2-4-11(5-3-10)19-13(14,15)16/h2-7,9,17H,8H2,1H3. The van der Waals surface area contributed by atoms with Crippen molar-refractivity contribution in [3.8, 4) is 5.75 Å². The van der Waals surface area contributed by atoms with Crippen molar-refractivity contribution in [1.29, 1.82) is 0 Å². The van der Waals surface area contributed by atoms with Crippen LogP contribution in [-0.2, 0) is 6.54 Å². The molecule has 108 valence electrons. The lowest BCUT2D eigenvalue weighted by Gasteiger charge is -2.14. The Bertz CT molecular complexity index is 524. The number of ether oxygens (including phenoxy) is 1. The predicted molar refractivity (Wildman–Crippen MR) is 64.9 cm³/mol. The number of halogens is 3. The molecule has 2 aromatic rings. The van der Waals surface area contributed by atoms with E-state index >= 15 is 0 Å². The van der Waals surface area contributed by atoms with E-state index in [0.29, 0.717) is 12.3 Å². The topological polar surface area (TPSA) is 47.3 Å². The minimum atomic E-state index is -4.67. The second kappa shape index (κ2) is 5.96. The minimum Gasteiger partial charge on any atom is -0.406 e. The van der Waals surface area contributed by atoms with Crippen molar-refractivity contribution in [1.82, 2.24) is 10.5 Å². The third-order valence-corrected chi connectivity index (χ3v) is 2.69. The van der Waals surface area contributed by atoms with Crippen molar-refractivity contribution in [2.75, 3.05) is 0 Å². The molecule has 0 amide bonds. The van der Waals surface area contributed by atoms with Gasteiger partial charge in [0.25, 0.3) is 0 Å². The largest absolute Gasteiger partial charge is 0.573 e. The van der Waals surface area contributed by atoms with E-state index in [2.05, 4.69) is 15.2 Å². The van der Waals surface area contributed by atoms with Gasteiger partial charge in [0.05, 0.1) is 12.7 Å². The molecular formula is C13H13F3N2O2. The maximum Gasteiger partial charge on any atom is 0.573 e. The fourth-order valence-electron chi connectivity index (χ4n) is 1.66. The summed E-state index contributed by atoms with van der Waals surface area (Å²) in [6, 6.07) is 7.43. The van der Waals surface area contributed by atoms with Crippen LogP contribution in [0.15, 0.2) is 41.1 Å². The van der Waals surface area contributed by atoms with E-state index in [1.807, 2.05) is 6.92 Å². The van der Waals surface area contributed by atoms with Crippen LogP contribution in [-0.4, -0.2) is 11.5 Å². The molecule has 0 radical (unpaired) electrons. The third kappa shape index (κ3) is 4.27. The van der Waals surface area contributed by atoms with E-state index in [4.69, 9.17) is 4.52 Å². The molecule has 0 fully saturated rings. The van der Waals surface area contributed by atoms with Gasteiger partial charge < -0.3 is 14.6 Å². The second-order valence-electron chi connectivity index (χ2n) is 4.20. The second-order valence-corrected chi connectivity index (χ2v) is 4.20. The molecule has 0 saturated carbocycles. The zero-order valence-electron chi connectivity index (χ0n) is 10.6. The molecule has 1 aromatic carbocycles. The van der Waals surface area contributed by atoms with Gasteiger partial charge in [-0.1, -0.05) is 17.3 Å². The highest BCUT2D eigenvalue weighted by molar-refractivity contribution is 5.29. The molecule has 2 rings (SSSR count). The maximum atomic E-state index is 12.0. The molecule has 1 aromatic heterocycles. The number of rotatable bonds is 5. The van der Waals surface area contributed by atoms with Crippen molar-refractivity contribution in [3.05, 3.63) is 47.9 Å². The first-order chi connectivity index (χ1) is 9.44. The summed E-state index contributed by atoms with van der Waals surface area (Å²) in [5, 5.41) is 6.75. The third-order valence-electron chi connectivity index (χ3n) is 2.69. The number of alkyl halides is 3. The van der Waals surface area contributed by atoms with Gasteiger partial charge in [0.2, 0.25) is 0 Å². The highest BCUT2D eigenvalue weighted by Crippen LogP contribution is 2.24. The first-order valence-corrected chi connectivity index (χ1v) is 5.93. The SMILES string of the molecule is CC(NCc1ccno1)c1ccc(OC(F)(F)F)cc1. The Labute approximate surface area is 113 Å². The summed E-state index contributed by atoms with van der Waals surface area (Å²) in [5.74, 6) is 0.456. The maximum absolute atomic E-state index is 12.0. The summed E-state index contributed by atoms with van der Waals surface area (Å²) in [6.45, 7) is 2.39. The molecule has 0 saturated heterocycles. The van der Waals surface area contributed by atoms with Gasteiger partial charge in [0.15, 0.2) is 0 Å². The summed E-state index contributed by atoms with van der Waals surface area (Å²) in [6.07, 6.45) is -3.12. The Morgan fingerprint density at radius 1 is 1.25 bits per heavy atom. The van der Waals surface area contributed by atoms with Gasteiger partial charge in [0.1, 0.15) is 11.5 Å². The van der Waals surface area contributed by atoms with Gasteiger partial charge in [-0.3, -0.25) is 0 Å². The fourth-order valence-corrected chi connectivity index (χ4v) is 1.66. The van der Waals surface area contributed by atoms with Crippen LogP contribution in [0, 0.1) is 0 Å². The lowest BCUT2D eigenvalue weighted by molar-refractivity contribution is -0.274. The minimum absolute atomic E-state index is 0.0416. The highest BCUT2D eigenvalue weighted by Gasteiger charge is 2.30. The molecule has 1 heterocycles. The number of aromatic nitrogens is 1. The fraction of sp³-hybridized carbons (Fsp3) is 0.308. The normalized spacial score (nSPS) is 13.2. The molecule has 1 unspecified atom stereocenters. The zero-order chi connectivity index (χ0) is 14.6. The van der Waals surface area contributed by atoms with Crippen LogP contribution < -0.4 is 10.1 Å². The van der Waals surface area contributed by atoms with Crippen LogP contribution in [0.2, 0.25) is 0 Å². The van der Waals surface area contributed by atoms with E-state index in [1.54, 1.807) is 24.4 Å². The zero-order valence-corrected chi connectivity index (χ0v) is 10.6. The molecule has 0 aliphatic rings. The molecule has 0 aliphatic heterocycles. The average molecular weight is 286 g/mol. The molecule has 0 spiro atoms. The molecular weight excluding hydrogens is 273 g/mol. The van der Waals surface area contributed by atoms with E-state index in [1.165, 1.54) is 12.1 Å². The Morgan fingerprint density at radius 3 is 2.50 bits per heavy atom. The molecule has 0 aliphatic carbocycles. The lowest BCUT2D eigenvalue weighted by atomic mass is 10.1. The van der Waals surface area contributed by atoms with E-state index in [9.17, 15) is 13.2 Å². The summed E-state index contributed by atoms with van der Waals surface area (Å²) in [5.41, 5.74) is 0.846. The first kappa shape index (κ1) is 14.4. The van der Waals surface area contributed by atoms with Crippen LogP contribution in [0.4, 0.5) is 13.2 Å². The number of hydrogen-bond donors (Lipinski definition) is 1. The lowest BCUT2D eigenvalue weighted by Crippen LogP contribution is -2.18. The Hall–Kier alpha value is -2.02. The van der Waals surface area contributed by atoms with Gasteiger partial charge >= 0.3 is 6.36 Å². The van der Waals surface area contributed by atoms with Gasteiger partial charge in [0, 0.05) is 12.1 Å². The van der Waals surface area contributed by atoms with Gasteiger partial charge in [-0.25, -0.2) is 0 Å². The number of nitrogens with one attached hydrogen (secondary N) is 1. The van der Waals surface area contributed by atoms with Crippen molar-refractivity contribution in [2.24, 2.45) is 0 Å². The Balaban J connectivity index is 1.91. The number of benzene rings is 1. The predicted octanol–water partition coefficient (Wildman–Crippen LogP) is 3.42. The molecule has 1 N–H and O–H groups in total. The van der Waals surface area contributed by atoms with Crippen LogP contribution in [0.5, 0.6) is 5.75 Å². The average Bonchev–Trinajstić information content (AvgIpc) is 2.88. The van der Waals surface area contributed by atoms with Crippen molar-refractivity contribution in [3.63, 3.8) is 0 Å². The van der Waals surface area contributed by atoms with Crippen LogP contribution in [0.25, 0.3) is 0 Å². The van der Waals surface area contributed by atoms with Crippen LogP contribution in [0.1, 0.15) is 24.3 Å². The molecule has 1 atom stereocenters. The molecule has 20 heavy (non-hydrogen) atoms. The smallest absolute Gasteiger partial charge is 0.406 e. The van der Waals surface area contributed by atoms with Crippen LogP contribution in [0.3, 0.4) is 0 Å². The molecule has 7 heteroatoms. The summed E-state index contributed by atoms with van der Waals surface area (Å²) in [4.78, 5) is 0. The molecule has 0 bridgehead atoms. The quantitative estimate of drug-likeness (QED) is 0.914. The van der Waals surface area contributed by atoms with E-state index < -0.39 is 6.36 Å². The van der Waals surface area contributed by atoms with Crippen molar-refractivity contribution >= 4 is 0 Å². The first-order valence-electron chi connectivity index (χ1n) is 5.93. The Morgan fingerprint density at radius 2 is 1.95 bits per heavy atom. The van der Waals surface area contributed by atoms with Crippen molar-refractivity contribution in [2.45, 2.75) is 25.9 Å². The highest BCUT2D eigenvalue weighted by atomic mass is 19.4. The van der Waals surface area contributed by atoms with E-state index in [0.717, 1.165) is 5.56 Å². The monoisotopic (exact) mass is 286 g/mol. The summed E-state index contributed by atoms with van der Waals surface area (Å²) >= 11 is 0. The Kier molecular flexibility index (Phi) is 4.29. The van der Waals surface area contributed by atoms with Gasteiger partial charge in [-0.15, -0.1) is 13.2 Å². The number of hydrogen-bond acceptors (Lipinski definition) is 4. The molecule has 4 nitrogen and oxygen atoms in total. The van der Waals surface area contributed by atoms with Crippen LogP contribution >= 0.6 is 0 Å². The summed E-state index contributed by atoms with van der Waals surface area (Å²) < 4.78 is 44.8. The summed E-state index contributed by atoms with van der Waals surface area (Å²) in [7, 11) is 0. The van der Waals surface area contributed by atoms with Gasteiger partial charge in [-0.2, -0.15) is 0 Å². The van der Waals surface area contributed by atoms with Gasteiger partial charge in [-0.05, 0) is 24.6 Å². The van der Waals surface area contributed by atoms with E-state index in [-0.39, 0.29) is 11.8 Å². The number of nitrogens with zero attached hydrogens (tertiary/aromatic N) is 1.